The van der Waals surface area contributed by atoms with Crippen molar-refractivity contribution in [1.29, 1.82) is 0 Å². The molecule has 0 bridgehead atoms. The lowest BCUT2D eigenvalue weighted by atomic mass is 10.1. The van der Waals surface area contributed by atoms with Gasteiger partial charge in [0.1, 0.15) is 18.1 Å². The number of carbonyl (C=O) groups excluding carboxylic acids is 2. The topological polar surface area (TPSA) is 188 Å². The number of nitrogens with one attached hydrogen (secondary N) is 2. The Morgan fingerprint density at radius 1 is 1.09 bits per heavy atom. The maximum absolute atomic E-state index is 12.0. The summed E-state index contributed by atoms with van der Waals surface area (Å²) in [5.41, 5.74) is 10.7. The first-order valence-electron chi connectivity index (χ1n) is 7.32. The number of nitrogens with two attached hydrogens (primary N) is 2. The van der Waals surface area contributed by atoms with Crippen LogP contribution in [0.15, 0.2) is 0 Å². The zero-order valence-corrected chi connectivity index (χ0v) is 13.1. The van der Waals surface area contributed by atoms with Crippen molar-refractivity contribution in [3.8, 4) is 0 Å². The predicted octanol–water partition coefficient (Wildman–Crippen LogP) is -3.13. The summed E-state index contributed by atoms with van der Waals surface area (Å²) in [6, 6.07) is -3.77. The summed E-state index contributed by atoms with van der Waals surface area (Å²) < 4.78 is 0. The van der Waals surface area contributed by atoms with Gasteiger partial charge in [0, 0.05) is 0 Å². The van der Waals surface area contributed by atoms with Crippen LogP contribution in [-0.2, 0) is 14.4 Å². The second kappa shape index (κ2) is 10.9. The third-order valence-corrected chi connectivity index (χ3v) is 3.20. The van der Waals surface area contributed by atoms with Crippen molar-refractivity contribution in [2.24, 2.45) is 11.5 Å². The van der Waals surface area contributed by atoms with Crippen molar-refractivity contribution < 1.29 is 29.7 Å². The van der Waals surface area contributed by atoms with E-state index in [1.807, 2.05) is 0 Å². The van der Waals surface area contributed by atoms with Crippen molar-refractivity contribution in [2.45, 2.75) is 50.4 Å². The lowest BCUT2D eigenvalue weighted by Gasteiger charge is -2.22. The number of carboxylic acids is 1. The Morgan fingerprint density at radius 3 is 2.09 bits per heavy atom. The van der Waals surface area contributed by atoms with Crippen LogP contribution in [0, 0.1) is 0 Å². The average molecular weight is 334 g/mol. The van der Waals surface area contributed by atoms with Crippen molar-refractivity contribution in [3.05, 3.63) is 0 Å². The first-order valence-corrected chi connectivity index (χ1v) is 7.32. The molecule has 0 aromatic rings. The molecule has 10 nitrogen and oxygen atoms in total. The van der Waals surface area contributed by atoms with Gasteiger partial charge in [-0.25, -0.2) is 4.79 Å². The molecule has 10 heteroatoms. The van der Waals surface area contributed by atoms with Crippen molar-refractivity contribution in [2.75, 3.05) is 13.2 Å². The molecule has 0 aliphatic heterocycles. The molecule has 0 radical (unpaired) electrons. The Labute approximate surface area is 134 Å². The van der Waals surface area contributed by atoms with E-state index >= 15 is 0 Å². The summed E-state index contributed by atoms with van der Waals surface area (Å²) >= 11 is 0. The van der Waals surface area contributed by atoms with Crippen LogP contribution in [0.25, 0.3) is 0 Å². The smallest absolute Gasteiger partial charge is 0.326 e. The van der Waals surface area contributed by atoms with E-state index in [4.69, 9.17) is 16.6 Å². The molecule has 4 unspecified atom stereocenters. The van der Waals surface area contributed by atoms with E-state index in [2.05, 4.69) is 10.6 Å². The molecule has 2 amide bonds. The van der Waals surface area contributed by atoms with Gasteiger partial charge in [0.15, 0.2) is 0 Å². The Morgan fingerprint density at radius 2 is 1.65 bits per heavy atom. The monoisotopic (exact) mass is 334 g/mol. The summed E-state index contributed by atoms with van der Waals surface area (Å²) in [5, 5.41) is 31.9. The maximum atomic E-state index is 12.0. The highest BCUT2D eigenvalue weighted by molar-refractivity contribution is 5.92. The van der Waals surface area contributed by atoms with E-state index in [1.54, 1.807) is 0 Å². The lowest BCUT2D eigenvalue weighted by molar-refractivity contribution is -0.142. The van der Waals surface area contributed by atoms with Crippen LogP contribution in [-0.4, -0.2) is 70.5 Å². The van der Waals surface area contributed by atoms with Crippen LogP contribution in [0.3, 0.4) is 0 Å². The summed E-state index contributed by atoms with van der Waals surface area (Å²) in [6.07, 6.45) is 0.165. The molecule has 0 fully saturated rings. The molecule has 0 aliphatic rings. The van der Waals surface area contributed by atoms with Crippen LogP contribution in [0.4, 0.5) is 0 Å². The summed E-state index contributed by atoms with van der Waals surface area (Å²) in [6.45, 7) is 0.974. The van der Waals surface area contributed by atoms with Crippen LogP contribution in [0.2, 0.25) is 0 Å². The van der Waals surface area contributed by atoms with E-state index in [-0.39, 0.29) is 6.42 Å². The fourth-order valence-corrected chi connectivity index (χ4v) is 1.70. The third kappa shape index (κ3) is 7.88. The first kappa shape index (κ1) is 21.2. The van der Waals surface area contributed by atoms with Gasteiger partial charge in [0.25, 0.3) is 0 Å². The Kier molecular flexibility index (Phi) is 10.1. The number of carbonyl (C=O) groups is 3. The number of amides is 2. The molecule has 0 saturated carbocycles. The van der Waals surface area contributed by atoms with Crippen molar-refractivity contribution in [1.82, 2.24) is 10.6 Å². The van der Waals surface area contributed by atoms with Crippen LogP contribution < -0.4 is 22.1 Å². The number of aliphatic hydroxyl groups excluding tert-OH is 2. The minimum atomic E-state index is -1.36. The van der Waals surface area contributed by atoms with E-state index < -0.39 is 48.6 Å². The molecule has 0 spiro atoms. The molecule has 0 aromatic heterocycles. The SMILES string of the molecule is CC(O)C(N)C(=O)NC(CO)C(=O)NC(CCCCN)C(=O)O. The van der Waals surface area contributed by atoms with Crippen LogP contribution in [0.1, 0.15) is 26.2 Å². The molecular weight excluding hydrogens is 308 g/mol. The average Bonchev–Trinajstić information content (AvgIpc) is 2.50. The van der Waals surface area contributed by atoms with E-state index in [0.29, 0.717) is 19.4 Å². The molecule has 9 N–H and O–H groups in total. The number of carboxylic acid groups (broad SMARTS) is 1. The number of aliphatic carboxylic acids is 1. The van der Waals surface area contributed by atoms with Gasteiger partial charge in [-0.3, -0.25) is 9.59 Å². The van der Waals surface area contributed by atoms with Gasteiger partial charge in [-0.2, -0.15) is 0 Å². The zero-order valence-electron chi connectivity index (χ0n) is 13.1. The van der Waals surface area contributed by atoms with Gasteiger partial charge >= 0.3 is 5.97 Å². The number of aliphatic hydroxyl groups is 2. The molecular formula is C13H26N4O6. The fourth-order valence-electron chi connectivity index (χ4n) is 1.70. The van der Waals surface area contributed by atoms with E-state index in [1.165, 1.54) is 6.92 Å². The highest BCUT2D eigenvalue weighted by Gasteiger charge is 2.28. The van der Waals surface area contributed by atoms with Gasteiger partial charge in [-0.1, -0.05) is 0 Å². The van der Waals surface area contributed by atoms with Gasteiger partial charge in [-0.05, 0) is 32.7 Å². The Balaban J connectivity index is 4.67. The summed E-state index contributed by atoms with van der Waals surface area (Å²) in [7, 11) is 0. The summed E-state index contributed by atoms with van der Waals surface area (Å²) in [4.78, 5) is 34.8. The molecule has 0 aliphatic carbocycles. The molecule has 0 heterocycles. The van der Waals surface area contributed by atoms with Crippen molar-refractivity contribution in [3.63, 3.8) is 0 Å². The number of rotatable bonds is 11. The Bertz CT molecular complexity index is 404. The Hall–Kier alpha value is -1.75. The van der Waals surface area contributed by atoms with Gasteiger partial charge in [-0.15, -0.1) is 0 Å². The molecule has 0 saturated heterocycles. The molecule has 134 valence electrons. The zero-order chi connectivity index (χ0) is 18.0. The van der Waals surface area contributed by atoms with Crippen LogP contribution >= 0.6 is 0 Å². The summed E-state index contributed by atoms with van der Waals surface area (Å²) in [5.74, 6) is -2.90. The normalized spacial score (nSPS) is 16.0. The van der Waals surface area contributed by atoms with E-state index in [9.17, 15) is 24.6 Å². The third-order valence-electron chi connectivity index (χ3n) is 3.20. The van der Waals surface area contributed by atoms with Crippen molar-refractivity contribution >= 4 is 17.8 Å². The highest BCUT2D eigenvalue weighted by Crippen LogP contribution is 2.02. The van der Waals surface area contributed by atoms with Gasteiger partial charge in [0.2, 0.25) is 11.8 Å². The minimum absolute atomic E-state index is 0.178. The van der Waals surface area contributed by atoms with E-state index in [0.717, 1.165) is 0 Å². The minimum Gasteiger partial charge on any atom is -0.480 e. The molecule has 23 heavy (non-hydrogen) atoms. The van der Waals surface area contributed by atoms with Crippen LogP contribution in [0.5, 0.6) is 0 Å². The number of unbranched alkanes of at least 4 members (excludes halogenated alkanes) is 1. The fraction of sp³-hybridized carbons (Fsp3) is 0.769. The predicted molar refractivity (Wildman–Crippen MR) is 81.1 cm³/mol. The molecule has 4 atom stereocenters. The number of hydrogen-bond donors (Lipinski definition) is 7. The second-order valence-electron chi connectivity index (χ2n) is 5.19. The highest BCUT2D eigenvalue weighted by atomic mass is 16.4. The molecule has 0 rings (SSSR count). The number of hydrogen-bond acceptors (Lipinski definition) is 7. The quantitative estimate of drug-likeness (QED) is 0.193. The van der Waals surface area contributed by atoms with Gasteiger partial charge in [0.05, 0.1) is 12.7 Å². The standard InChI is InChI=1S/C13H26N4O6/c1-7(19)10(15)12(21)17-9(6-18)11(20)16-8(13(22)23)4-2-3-5-14/h7-10,18-19H,2-6,14-15H2,1H3,(H,16,20)(H,17,21)(H,22,23). The first-order chi connectivity index (χ1) is 10.7. The largest absolute Gasteiger partial charge is 0.480 e. The van der Waals surface area contributed by atoms with Gasteiger partial charge < -0.3 is 37.4 Å². The second-order valence-corrected chi connectivity index (χ2v) is 5.19. The lowest BCUT2D eigenvalue weighted by Crippen LogP contribution is -2.57. The maximum Gasteiger partial charge on any atom is 0.326 e. The molecule has 0 aromatic carbocycles.